The third-order valence-electron chi connectivity index (χ3n) is 3.26. The number of fused-ring (bicyclic) bond motifs is 1. The van der Waals surface area contributed by atoms with E-state index in [9.17, 15) is 10.1 Å². The summed E-state index contributed by atoms with van der Waals surface area (Å²) in [6.07, 6.45) is 0.400. The smallest absolute Gasteiger partial charge is 0.272 e. The van der Waals surface area contributed by atoms with Crippen LogP contribution in [0.5, 0.6) is 0 Å². The minimum absolute atomic E-state index is 0.106. The number of rotatable bonds is 4. The molecule has 0 saturated heterocycles. The SMILES string of the molecule is NC(Cc1ccccc1[N+](=O)[O-])c1nc2ccccc2s1. The maximum atomic E-state index is 11.0. The van der Waals surface area contributed by atoms with Gasteiger partial charge in [0.05, 0.1) is 21.2 Å². The lowest BCUT2D eigenvalue weighted by atomic mass is 10.1. The van der Waals surface area contributed by atoms with Crippen molar-refractivity contribution in [3.63, 3.8) is 0 Å². The molecular formula is C15H13N3O2S. The molecule has 0 spiro atoms. The lowest BCUT2D eigenvalue weighted by molar-refractivity contribution is -0.385. The van der Waals surface area contributed by atoms with Crippen LogP contribution in [0.4, 0.5) is 5.69 Å². The largest absolute Gasteiger partial charge is 0.322 e. The van der Waals surface area contributed by atoms with E-state index in [0.29, 0.717) is 12.0 Å². The lowest BCUT2D eigenvalue weighted by Crippen LogP contribution is -2.13. The second-order valence-electron chi connectivity index (χ2n) is 4.72. The van der Waals surface area contributed by atoms with Crippen molar-refractivity contribution in [1.82, 2.24) is 4.98 Å². The molecule has 106 valence electrons. The van der Waals surface area contributed by atoms with Gasteiger partial charge in [0.25, 0.3) is 5.69 Å². The van der Waals surface area contributed by atoms with Gasteiger partial charge in [-0.25, -0.2) is 4.98 Å². The molecule has 0 aliphatic carbocycles. The van der Waals surface area contributed by atoms with E-state index in [2.05, 4.69) is 4.98 Å². The van der Waals surface area contributed by atoms with Gasteiger partial charge in [-0.1, -0.05) is 30.3 Å². The summed E-state index contributed by atoms with van der Waals surface area (Å²) in [6, 6.07) is 14.2. The van der Waals surface area contributed by atoms with Crippen molar-refractivity contribution in [3.05, 3.63) is 69.2 Å². The van der Waals surface area contributed by atoms with Gasteiger partial charge >= 0.3 is 0 Å². The summed E-state index contributed by atoms with van der Waals surface area (Å²) in [7, 11) is 0. The number of hydrogen-bond acceptors (Lipinski definition) is 5. The van der Waals surface area contributed by atoms with Crippen molar-refractivity contribution < 1.29 is 4.92 Å². The highest BCUT2D eigenvalue weighted by Crippen LogP contribution is 2.29. The fourth-order valence-corrected chi connectivity index (χ4v) is 3.20. The Balaban J connectivity index is 1.89. The van der Waals surface area contributed by atoms with Gasteiger partial charge in [-0.15, -0.1) is 11.3 Å². The van der Waals surface area contributed by atoms with Crippen LogP contribution < -0.4 is 5.73 Å². The Hall–Kier alpha value is -2.31. The van der Waals surface area contributed by atoms with E-state index in [1.54, 1.807) is 18.2 Å². The Morgan fingerprint density at radius 1 is 1.19 bits per heavy atom. The Kier molecular flexibility index (Phi) is 3.64. The summed E-state index contributed by atoms with van der Waals surface area (Å²) < 4.78 is 1.07. The average Bonchev–Trinajstić information content (AvgIpc) is 2.91. The first-order chi connectivity index (χ1) is 10.1. The number of thiazole rings is 1. The van der Waals surface area contributed by atoms with Crippen molar-refractivity contribution in [1.29, 1.82) is 0 Å². The Labute approximate surface area is 125 Å². The molecule has 1 heterocycles. The normalized spacial score (nSPS) is 12.4. The number of nitrogens with two attached hydrogens (primary N) is 1. The number of benzene rings is 2. The minimum Gasteiger partial charge on any atom is -0.322 e. The molecule has 0 bridgehead atoms. The van der Waals surface area contributed by atoms with E-state index in [1.165, 1.54) is 17.4 Å². The van der Waals surface area contributed by atoms with Gasteiger partial charge in [0, 0.05) is 18.1 Å². The highest BCUT2D eigenvalue weighted by Gasteiger charge is 2.18. The molecule has 2 N–H and O–H groups in total. The van der Waals surface area contributed by atoms with Gasteiger partial charge in [0.15, 0.2) is 0 Å². The van der Waals surface area contributed by atoms with Gasteiger partial charge < -0.3 is 5.73 Å². The van der Waals surface area contributed by atoms with Gasteiger partial charge in [0.2, 0.25) is 0 Å². The molecule has 6 heteroatoms. The maximum Gasteiger partial charge on any atom is 0.272 e. The van der Waals surface area contributed by atoms with Gasteiger partial charge in [-0.05, 0) is 12.1 Å². The molecule has 1 atom stereocenters. The van der Waals surface area contributed by atoms with E-state index >= 15 is 0 Å². The van der Waals surface area contributed by atoms with Crippen molar-refractivity contribution in [3.8, 4) is 0 Å². The minimum atomic E-state index is -0.375. The standard InChI is InChI=1S/C15H13N3O2S/c16-11(9-10-5-1-3-7-13(10)18(19)20)15-17-12-6-2-4-8-14(12)21-15/h1-8,11H,9,16H2. The second kappa shape index (κ2) is 5.59. The quantitative estimate of drug-likeness (QED) is 0.591. The third kappa shape index (κ3) is 2.76. The number of nitrogens with zero attached hydrogens (tertiary/aromatic N) is 2. The highest BCUT2D eigenvalue weighted by atomic mass is 32.1. The van der Waals surface area contributed by atoms with Crippen molar-refractivity contribution in [2.24, 2.45) is 5.73 Å². The molecule has 0 saturated carbocycles. The molecule has 5 nitrogen and oxygen atoms in total. The van der Waals surface area contributed by atoms with Gasteiger partial charge in [0.1, 0.15) is 5.01 Å². The monoisotopic (exact) mass is 299 g/mol. The summed E-state index contributed by atoms with van der Waals surface area (Å²) >= 11 is 1.53. The average molecular weight is 299 g/mol. The van der Waals surface area contributed by atoms with Gasteiger partial charge in [-0.2, -0.15) is 0 Å². The first-order valence-electron chi connectivity index (χ1n) is 6.48. The van der Waals surface area contributed by atoms with Gasteiger partial charge in [-0.3, -0.25) is 10.1 Å². The molecule has 0 fully saturated rings. The number of nitro groups is 1. The first kappa shape index (κ1) is 13.7. The summed E-state index contributed by atoms with van der Waals surface area (Å²) in [6.45, 7) is 0. The van der Waals surface area contributed by atoms with Crippen LogP contribution in [0.15, 0.2) is 48.5 Å². The van der Waals surface area contributed by atoms with Crippen LogP contribution in [0.25, 0.3) is 10.2 Å². The topological polar surface area (TPSA) is 82.0 Å². The van der Waals surface area contributed by atoms with Crippen LogP contribution in [-0.4, -0.2) is 9.91 Å². The highest BCUT2D eigenvalue weighted by molar-refractivity contribution is 7.18. The zero-order chi connectivity index (χ0) is 14.8. The summed E-state index contributed by atoms with van der Waals surface area (Å²) in [5.74, 6) is 0. The van der Waals surface area contributed by atoms with E-state index < -0.39 is 0 Å². The second-order valence-corrected chi connectivity index (χ2v) is 5.78. The van der Waals surface area contributed by atoms with Crippen LogP contribution >= 0.6 is 11.3 Å². The fourth-order valence-electron chi connectivity index (χ4n) is 2.23. The Morgan fingerprint density at radius 3 is 2.67 bits per heavy atom. The molecule has 0 aliphatic rings. The van der Waals surface area contributed by atoms with Crippen LogP contribution in [0.1, 0.15) is 16.6 Å². The van der Waals surface area contributed by atoms with E-state index in [0.717, 1.165) is 15.2 Å². The Bertz CT molecular complexity index is 767. The molecule has 3 aromatic rings. The zero-order valence-corrected chi connectivity index (χ0v) is 11.9. The van der Waals surface area contributed by atoms with Crippen LogP contribution in [0, 0.1) is 10.1 Å². The molecule has 0 aliphatic heterocycles. The Morgan fingerprint density at radius 2 is 1.90 bits per heavy atom. The number of nitro benzene ring substituents is 1. The maximum absolute atomic E-state index is 11.0. The van der Waals surface area contributed by atoms with Crippen molar-refractivity contribution in [2.45, 2.75) is 12.5 Å². The number of hydrogen-bond donors (Lipinski definition) is 1. The molecule has 0 radical (unpaired) electrons. The van der Waals surface area contributed by atoms with Crippen LogP contribution in [0.3, 0.4) is 0 Å². The van der Waals surface area contributed by atoms with E-state index in [-0.39, 0.29) is 16.7 Å². The molecule has 0 amide bonds. The van der Waals surface area contributed by atoms with Crippen molar-refractivity contribution in [2.75, 3.05) is 0 Å². The molecule has 1 aromatic heterocycles. The predicted octanol–water partition coefficient (Wildman–Crippen LogP) is 3.45. The third-order valence-corrected chi connectivity index (χ3v) is 4.42. The summed E-state index contributed by atoms with van der Waals surface area (Å²) in [5, 5.41) is 11.8. The number of aromatic nitrogens is 1. The summed E-state index contributed by atoms with van der Waals surface area (Å²) in [4.78, 5) is 15.2. The summed E-state index contributed by atoms with van der Waals surface area (Å²) in [5.41, 5.74) is 7.84. The van der Waals surface area contributed by atoms with Crippen molar-refractivity contribution >= 4 is 27.2 Å². The lowest BCUT2D eigenvalue weighted by Gasteiger charge is -2.08. The van der Waals surface area contributed by atoms with Crippen LogP contribution in [0.2, 0.25) is 0 Å². The molecule has 21 heavy (non-hydrogen) atoms. The molecule has 3 rings (SSSR count). The fraction of sp³-hybridized carbons (Fsp3) is 0.133. The molecular weight excluding hydrogens is 286 g/mol. The molecule has 2 aromatic carbocycles. The first-order valence-corrected chi connectivity index (χ1v) is 7.30. The molecule has 1 unspecified atom stereocenters. The van der Waals surface area contributed by atoms with E-state index in [4.69, 9.17) is 5.73 Å². The van der Waals surface area contributed by atoms with Crippen LogP contribution in [-0.2, 0) is 6.42 Å². The zero-order valence-electron chi connectivity index (χ0n) is 11.1. The predicted molar refractivity (Wildman–Crippen MR) is 83.3 cm³/mol. The number of para-hydroxylation sites is 2. The van der Waals surface area contributed by atoms with E-state index in [1.807, 2.05) is 24.3 Å².